The SMILES string of the molecule is CCC[C@@H]1C[C@@H](C(=O)N[C@H]([C@H]2O[C@@H](SC)[C@H](OP(=O)(O)O)[C@@H](O)[C@H]2O)[C@H](C)Cl)N(C)C1. The van der Waals surface area contributed by atoms with E-state index in [-0.39, 0.29) is 11.9 Å². The van der Waals surface area contributed by atoms with Crippen LogP contribution in [0.4, 0.5) is 0 Å². The van der Waals surface area contributed by atoms with Crippen LogP contribution in [0.2, 0.25) is 0 Å². The Kier molecular flexibility index (Phi) is 10.1. The molecule has 0 radical (unpaired) electrons. The molecule has 10 nitrogen and oxygen atoms in total. The number of aliphatic hydroxyl groups is 2. The number of aliphatic hydroxyl groups excluding tert-OH is 2. The molecule has 5 N–H and O–H groups in total. The first-order valence-corrected chi connectivity index (χ1v) is 13.6. The van der Waals surface area contributed by atoms with Gasteiger partial charge in [-0.2, -0.15) is 0 Å². The molecule has 2 aliphatic rings. The molecule has 2 aliphatic heterocycles. The third-order valence-corrected chi connectivity index (χ3v) is 7.50. The van der Waals surface area contributed by atoms with Crippen LogP contribution in [-0.2, 0) is 18.6 Å². The number of carbonyl (C=O) groups is 1. The zero-order valence-electron chi connectivity index (χ0n) is 18.1. The molecular formula is C18H34ClN2O8PS. The summed E-state index contributed by atoms with van der Waals surface area (Å²) in [6, 6.07) is -1.18. The van der Waals surface area contributed by atoms with E-state index in [1.54, 1.807) is 13.2 Å². The molecule has 0 spiro atoms. The van der Waals surface area contributed by atoms with Gasteiger partial charge in [0.25, 0.3) is 0 Å². The lowest BCUT2D eigenvalue weighted by atomic mass is 9.92. The maximum Gasteiger partial charge on any atom is 0.470 e. The number of thioether (sulfide) groups is 1. The van der Waals surface area contributed by atoms with Crippen molar-refractivity contribution in [1.29, 1.82) is 0 Å². The number of likely N-dealkylation sites (N-methyl/N-ethyl adjacent to an activating group) is 1. The fraction of sp³-hybridized carbons (Fsp3) is 0.944. The number of ether oxygens (including phenoxy) is 1. The Balaban J connectivity index is 2.15. The van der Waals surface area contributed by atoms with Crippen LogP contribution in [0.15, 0.2) is 0 Å². The monoisotopic (exact) mass is 504 g/mol. The molecular weight excluding hydrogens is 471 g/mol. The minimum atomic E-state index is -4.93. The minimum Gasteiger partial charge on any atom is -0.388 e. The summed E-state index contributed by atoms with van der Waals surface area (Å²) in [6.07, 6.45) is -1.37. The number of hydrogen-bond donors (Lipinski definition) is 5. The number of likely N-dealkylation sites (tertiary alicyclic amines) is 1. The lowest BCUT2D eigenvalue weighted by Gasteiger charge is -2.45. The van der Waals surface area contributed by atoms with E-state index in [1.807, 2.05) is 11.9 Å². The Morgan fingerprint density at radius 3 is 2.55 bits per heavy atom. The molecule has 0 aromatic heterocycles. The standard InChI is InChI=1S/C18H34ClN2O8PS/c1-5-6-10-7-11(21(3)8-10)17(24)20-12(9(2)19)15-13(22)14(23)16(18(28-15)31-4)29-30(25,26)27/h9-16,18,22-23H,5-8H2,1-4H3,(H,20,24)(H2,25,26,27)/t9-,10+,11-,12-,13+,14-,15+,16+,18-/m0/s1. The Bertz CT molecular complexity index is 654. The number of nitrogens with zero attached hydrogens (tertiary/aromatic N) is 1. The van der Waals surface area contributed by atoms with Gasteiger partial charge in [-0.15, -0.1) is 23.4 Å². The molecule has 31 heavy (non-hydrogen) atoms. The van der Waals surface area contributed by atoms with Crippen LogP contribution in [0, 0.1) is 5.92 Å². The predicted molar refractivity (Wildman–Crippen MR) is 118 cm³/mol. The quantitative estimate of drug-likeness (QED) is 0.222. The second kappa shape index (κ2) is 11.5. The molecule has 9 atom stereocenters. The van der Waals surface area contributed by atoms with E-state index in [4.69, 9.17) is 26.1 Å². The van der Waals surface area contributed by atoms with E-state index in [9.17, 15) is 19.6 Å². The van der Waals surface area contributed by atoms with Crippen molar-refractivity contribution >= 4 is 37.1 Å². The molecule has 182 valence electrons. The van der Waals surface area contributed by atoms with Gasteiger partial charge >= 0.3 is 7.82 Å². The molecule has 2 fully saturated rings. The summed E-state index contributed by atoms with van der Waals surface area (Å²) in [5, 5.41) is 23.4. The van der Waals surface area contributed by atoms with Crippen LogP contribution in [-0.4, -0.2) is 98.0 Å². The van der Waals surface area contributed by atoms with Crippen LogP contribution < -0.4 is 5.32 Å². The highest BCUT2D eigenvalue weighted by atomic mass is 35.5. The largest absolute Gasteiger partial charge is 0.470 e. The predicted octanol–water partition coefficient (Wildman–Crippen LogP) is 0.506. The molecule has 1 amide bonds. The van der Waals surface area contributed by atoms with Crippen molar-refractivity contribution in [1.82, 2.24) is 10.2 Å². The van der Waals surface area contributed by atoms with E-state index in [2.05, 4.69) is 16.8 Å². The maximum atomic E-state index is 13.0. The van der Waals surface area contributed by atoms with Gasteiger partial charge in [0, 0.05) is 6.54 Å². The first kappa shape index (κ1) is 27.3. The molecule has 2 rings (SSSR count). The Hall–Kier alpha value is 0.0600. The van der Waals surface area contributed by atoms with Gasteiger partial charge in [-0.05, 0) is 39.0 Å². The van der Waals surface area contributed by atoms with Crippen molar-refractivity contribution in [2.75, 3.05) is 19.8 Å². The number of phosphoric ester groups is 1. The third-order valence-electron chi connectivity index (χ3n) is 5.87. The van der Waals surface area contributed by atoms with Gasteiger partial charge < -0.3 is 30.1 Å². The number of carbonyl (C=O) groups excluding carboxylic acids is 1. The van der Waals surface area contributed by atoms with Crippen LogP contribution in [0.25, 0.3) is 0 Å². The summed E-state index contributed by atoms with van der Waals surface area (Å²) in [4.78, 5) is 33.3. The summed E-state index contributed by atoms with van der Waals surface area (Å²) >= 11 is 7.38. The zero-order valence-corrected chi connectivity index (χ0v) is 20.6. The van der Waals surface area contributed by atoms with E-state index < -0.39 is 49.1 Å². The number of hydrogen-bond acceptors (Lipinski definition) is 8. The van der Waals surface area contributed by atoms with Crippen molar-refractivity contribution in [3.8, 4) is 0 Å². The first-order valence-electron chi connectivity index (χ1n) is 10.3. The fourth-order valence-electron chi connectivity index (χ4n) is 4.37. The summed E-state index contributed by atoms with van der Waals surface area (Å²) < 4.78 is 21.7. The summed E-state index contributed by atoms with van der Waals surface area (Å²) in [7, 11) is -3.04. The average Bonchev–Trinajstić information content (AvgIpc) is 3.03. The van der Waals surface area contributed by atoms with Crippen molar-refractivity contribution < 1.29 is 38.6 Å². The van der Waals surface area contributed by atoms with E-state index in [0.29, 0.717) is 5.92 Å². The number of rotatable bonds is 9. The minimum absolute atomic E-state index is 0.238. The molecule has 0 aromatic carbocycles. The normalized spacial score (nSPS) is 36.9. The van der Waals surface area contributed by atoms with Gasteiger partial charge in [-0.1, -0.05) is 13.3 Å². The van der Waals surface area contributed by atoms with Crippen LogP contribution in [0.1, 0.15) is 33.1 Å². The van der Waals surface area contributed by atoms with Gasteiger partial charge in [0.05, 0.1) is 17.5 Å². The second-order valence-corrected chi connectivity index (χ2v) is 11.1. The topological polar surface area (TPSA) is 149 Å². The highest BCUT2D eigenvalue weighted by Crippen LogP contribution is 2.43. The smallest absolute Gasteiger partial charge is 0.388 e. The maximum absolute atomic E-state index is 13.0. The lowest BCUT2D eigenvalue weighted by Crippen LogP contribution is -2.65. The number of halogens is 1. The molecule has 13 heteroatoms. The van der Waals surface area contributed by atoms with Gasteiger partial charge in [0.1, 0.15) is 29.9 Å². The fourth-order valence-corrected chi connectivity index (χ4v) is 5.93. The second-order valence-electron chi connectivity index (χ2n) is 8.30. The van der Waals surface area contributed by atoms with Crippen LogP contribution in [0.5, 0.6) is 0 Å². The van der Waals surface area contributed by atoms with E-state index in [1.165, 1.54) is 0 Å². The summed E-state index contributed by atoms with van der Waals surface area (Å²) in [5.41, 5.74) is -0.992. The van der Waals surface area contributed by atoms with Crippen molar-refractivity contribution in [2.24, 2.45) is 5.92 Å². The molecule has 2 heterocycles. The van der Waals surface area contributed by atoms with Crippen molar-refractivity contribution in [2.45, 2.75) is 80.4 Å². The number of phosphoric acid groups is 1. The molecule has 0 aliphatic carbocycles. The Morgan fingerprint density at radius 2 is 2.03 bits per heavy atom. The Labute approximate surface area is 192 Å². The lowest BCUT2D eigenvalue weighted by molar-refractivity contribution is -0.201. The van der Waals surface area contributed by atoms with E-state index in [0.717, 1.165) is 37.6 Å². The third kappa shape index (κ3) is 7.02. The van der Waals surface area contributed by atoms with Crippen LogP contribution >= 0.6 is 31.2 Å². The number of amides is 1. The van der Waals surface area contributed by atoms with Gasteiger partial charge in [0.2, 0.25) is 5.91 Å². The first-order chi connectivity index (χ1) is 14.4. The van der Waals surface area contributed by atoms with Crippen molar-refractivity contribution in [3.63, 3.8) is 0 Å². The number of nitrogens with one attached hydrogen (secondary N) is 1. The molecule has 0 bridgehead atoms. The van der Waals surface area contributed by atoms with Crippen molar-refractivity contribution in [3.05, 3.63) is 0 Å². The molecule has 2 saturated heterocycles. The highest BCUT2D eigenvalue weighted by molar-refractivity contribution is 7.99. The van der Waals surface area contributed by atoms with Crippen LogP contribution in [0.3, 0.4) is 0 Å². The zero-order chi connectivity index (χ0) is 23.5. The van der Waals surface area contributed by atoms with Gasteiger partial charge in [0.15, 0.2) is 0 Å². The molecule has 0 aromatic rings. The van der Waals surface area contributed by atoms with E-state index >= 15 is 0 Å². The van der Waals surface area contributed by atoms with Gasteiger partial charge in [-0.25, -0.2) is 4.57 Å². The average molecular weight is 505 g/mol. The highest BCUT2D eigenvalue weighted by Gasteiger charge is 2.51. The Morgan fingerprint density at radius 1 is 1.39 bits per heavy atom. The number of alkyl halides is 1. The summed E-state index contributed by atoms with van der Waals surface area (Å²) in [5.74, 6) is 0.195. The summed E-state index contributed by atoms with van der Waals surface area (Å²) in [6.45, 7) is 4.57. The van der Waals surface area contributed by atoms with Gasteiger partial charge in [-0.3, -0.25) is 14.2 Å². The molecule has 0 unspecified atom stereocenters. The molecule has 0 saturated carbocycles.